The van der Waals surface area contributed by atoms with Crippen molar-refractivity contribution in [3.63, 3.8) is 0 Å². The minimum atomic E-state index is -0.129. The number of benzene rings is 3. The van der Waals surface area contributed by atoms with Gasteiger partial charge >= 0.3 is 6.03 Å². The van der Waals surface area contributed by atoms with Crippen molar-refractivity contribution in [2.75, 3.05) is 5.32 Å². The average Bonchev–Trinajstić information content (AvgIpc) is 3.38. The molecule has 0 spiro atoms. The van der Waals surface area contributed by atoms with Gasteiger partial charge < -0.3 is 15.1 Å². The van der Waals surface area contributed by atoms with Gasteiger partial charge in [-0.2, -0.15) is 0 Å². The number of amides is 3. The fourth-order valence-electron chi connectivity index (χ4n) is 4.03. The maximum Gasteiger partial charge on any atom is 0.322 e. The first kappa shape index (κ1) is 17.5. The van der Waals surface area contributed by atoms with E-state index in [0.29, 0.717) is 37.4 Å². The van der Waals surface area contributed by atoms with Crippen LogP contribution in [0.4, 0.5) is 10.5 Å². The molecule has 3 aromatic carbocycles. The van der Waals surface area contributed by atoms with Crippen LogP contribution in [0.3, 0.4) is 0 Å². The third-order valence-electron chi connectivity index (χ3n) is 5.64. The molecule has 0 fully saturated rings. The zero-order valence-corrected chi connectivity index (χ0v) is 16.0. The lowest BCUT2D eigenvalue weighted by Gasteiger charge is -2.17. The summed E-state index contributed by atoms with van der Waals surface area (Å²) in [5.41, 5.74) is 6.11. The van der Waals surface area contributed by atoms with E-state index in [1.165, 1.54) is 22.3 Å². The Morgan fingerprint density at radius 3 is 1.55 bits per heavy atom. The number of nitrogens with zero attached hydrogens (tertiary/aromatic N) is 2. The summed E-state index contributed by atoms with van der Waals surface area (Å²) in [6.07, 6.45) is 0. The predicted molar refractivity (Wildman–Crippen MR) is 111 cm³/mol. The summed E-state index contributed by atoms with van der Waals surface area (Å²) < 4.78 is 0. The van der Waals surface area contributed by atoms with Crippen LogP contribution in [0, 0.1) is 0 Å². The van der Waals surface area contributed by atoms with Crippen molar-refractivity contribution in [3.8, 4) is 0 Å². The Hall–Kier alpha value is -3.60. The quantitative estimate of drug-likeness (QED) is 0.714. The van der Waals surface area contributed by atoms with E-state index in [9.17, 15) is 9.59 Å². The zero-order valence-electron chi connectivity index (χ0n) is 16.0. The van der Waals surface area contributed by atoms with Gasteiger partial charge in [0.1, 0.15) is 0 Å². The molecule has 0 aromatic heterocycles. The SMILES string of the molecule is O=C(Nc1ccc(C(=O)N2Cc3ccccc3C2)cc1)N1Cc2ccccc2C1. The van der Waals surface area contributed by atoms with Crippen LogP contribution in [0.5, 0.6) is 0 Å². The number of carbonyl (C=O) groups is 2. The van der Waals surface area contributed by atoms with Crippen LogP contribution in [0.15, 0.2) is 72.8 Å². The molecule has 0 bridgehead atoms. The zero-order chi connectivity index (χ0) is 19.8. The second kappa shape index (κ2) is 7.09. The molecule has 0 saturated carbocycles. The first-order valence-corrected chi connectivity index (χ1v) is 9.76. The lowest BCUT2D eigenvalue weighted by atomic mass is 10.1. The Morgan fingerprint density at radius 1 is 0.621 bits per heavy atom. The number of hydrogen-bond donors (Lipinski definition) is 1. The molecule has 1 N–H and O–H groups in total. The molecule has 0 aliphatic carbocycles. The molecule has 0 saturated heterocycles. The van der Waals surface area contributed by atoms with Crippen LogP contribution < -0.4 is 5.32 Å². The fourth-order valence-corrected chi connectivity index (χ4v) is 4.03. The maximum atomic E-state index is 12.8. The normalized spacial score (nSPS) is 14.5. The minimum Gasteiger partial charge on any atom is -0.330 e. The highest BCUT2D eigenvalue weighted by atomic mass is 16.2. The van der Waals surface area contributed by atoms with Gasteiger partial charge in [-0.1, -0.05) is 48.5 Å². The predicted octanol–water partition coefficient (Wildman–Crippen LogP) is 4.39. The largest absolute Gasteiger partial charge is 0.330 e. The molecule has 144 valence electrons. The van der Waals surface area contributed by atoms with E-state index in [-0.39, 0.29) is 11.9 Å². The van der Waals surface area contributed by atoms with Gasteiger partial charge in [0.2, 0.25) is 0 Å². The lowest BCUT2D eigenvalue weighted by molar-refractivity contribution is 0.0751. The molecule has 0 atom stereocenters. The number of rotatable bonds is 2. The van der Waals surface area contributed by atoms with E-state index in [1.807, 2.05) is 29.2 Å². The van der Waals surface area contributed by atoms with Crippen molar-refractivity contribution >= 4 is 17.6 Å². The Morgan fingerprint density at radius 2 is 1.07 bits per heavy atom. The van der Waals surface area contributed by atoms with E-state index in [1.54, 1.807) is 29.2 Å². The molecule has 3 amide bonds. The third-order valence-corrected chi connectivity index (χ3v) is 5.64. The highest BCUT2D eigenvalue weighted by molar-refractivity contribution is 5.96. The molecule has 0 unspecified atom stereocenters. The van der Waals surface area contributed by atoms with Gasteiger partial charge in [0.15, 0.2) is 0 Å². The number of nitrogens with one attached hydrogen (secondary N) is 1. The summed E-state index contributed by atoms with van der Waals surface area (Å²) in [7, 11) is 0. The monoisotopic (exact) mass is 383 g/mol. The van der Waals surface area contributed by atoms with Crippen molar-refractivity contribution in [2.24, 2.45) is 0 Å². The maximum absolute atomic E-state index is 12.8. The topological polar surface area (TPSA) is 52.7 Å². The summed E-state index contributed by atoms with van der Waals surface area (Å²) in [4.78, 5) is 29.0. The Balaban J connectivity index is 1.22. The van der Waals surface area contributed by atoms with Crippen molar-refractivity contribution in [3.05, 3.63) is 101 Å². The molecule has 3 aromatic rings. The van der Waals surface area contributed by atoms with Gasteiger partial charge in [0, 0.05) is 37.4 Å². The molecule has 2 aliphatic rings. The lowest BCUT2D eigenvalue weighted by Crippen LogP contribution is -2.30. The summed E-state index contributed by atoms with van der Waals surface area (Å²) in [5, 5.41) is 2.93. The Labute approximate surface area is 169 Å². The molecule has 5 heteroatoms. The molecule has 2 heterocycles. The number of fused-ring (bicyclic) bond motifs is 2. The minimum absolute atomic E-state index is 0.00840. The van der Waals surface area contributed by atoms with Crippen LogP contribution in [0.2, 0.25) is 0 Å². The van der Waals surface area contributed by atoms with Gasteiger partial charge in [-0.25, -0.2) is 4.79 Å². The molecule has 29 heavy (non-hydrogen) atoms. The van der Waals surface area contributed by atoms with E-state index in [4.69, 9.17) is 0 Å². The second-order valence-corrected chi connectivity index (χ2v) is 7.56. The number of urea groups is 1. The molecular weight excluding hydrogens is 362 g/mol. The Bertz CT molecular complexity index is 1040. The Kier molecular flexibility index (Phi) is 4.28. The molecule has 0 radical (unpaired) electrons. The van der Waals surface area contributed by atoms with Crippen LogP contribution in [-0.4, -0.2) is 21.7 Å². The second-order valence-electron chi connectivity index (χ2n) is 7.56. The summed E-state index contributed by atoms with van der Waals surface area (Å²) in [6.45, 7) is 2.52. The first-order valence-electron chi connectivity index (χ1n) is 9.76. The molecule has 5 rings (SSSR count). The average molecular weight is 383 g/mol. The number of hydrogen-bond acceptors (Lipinski definition) is 2. The van der Waals surface area contributed by atoms with Crippen molar-refractivity contribution < 1.29 is 9.59 Å². The smallest absolute Gasteiger partial charge is 0.322 e. The van der Waals surface area contributed by atoms with Gasteiger partial charge in [-0.05, 0) is 46.5 Å². The van der Waals surface area contributed by atoms with Crippen LogP contribution in [-0.2, 0) is 26.2 Å². The van der Waals surface area contributed by atoms with Gasteiger partial charge in [-0.3, -0.25) is 4.79 Å². The summed E-state index contributed by atoms with van der Waals surface area (Å²) >= 11 is 0. The number of anilines is 1. The van der Waals surface area contributed by atoms with Crippen molar-refractivity contribution in [2.45, 2.75) is 26.2 Å². The molecule has 2 aliphatic heterocycles. The third kappa shape index (κ3) is 3.36. The van der Waals surface area contributed by atoms with Crippen LogP contribution in [0.1, 0.15) is 32.6 Å². The van der Waals surface area contributed by atoms with Gasteiger partial charge in [0.25, 0.3) is 5.91 Å². The highest BCUT2D eigenvalue weighted by Crippen LogP contribution is 2.25. The summed E-state index contributed by atoms with van der Waals surface area (Å²) in [6, 6.07) is 23.2. The van der Waals surface area contributed by atoms with Crippen LogP contribution in [0.25, 0.3) is 0 Å². The summed E-state index contributed by atoms with van der Waals surface area (Å²) in [5.74, 6) is 0.00840. The van der Waals surface area contributed by atoms with E-state index in [2.05, 4.69) is 29.6 Å². The highest BCUT2D eigenvalue weighted by Gasteiger charge is 2.25. The fraction of sp³-hybridized carbons (Fsp3) is 0.167. The van der Waals surface area contributed by atoms with Gasteiger partial charge in [0.05, 0.1) is 0 Å². The van der Waals surface area contributed by atoms with E-state index >= 15 is 0 Å². The number of carbonyl (C=O) groups excluding carboxylic acids is 2. The molecular formula is C24H21N3O2. The standard InChI is InChI=1S/C24H21N3O2/c28-23(26-13-18-5-1-2-6-19(18)14-26)17-9-11-22(12-10-17)25-24(29)27-15-20-7-3-4-8-21(20)16-27/h1-12H,13-16H2,(H,25,29). The van der Waals surface area contributed by atoms with Crippen molar-refractivity contribution in [1.82, 2.24) is 9.80 Å². The van der Waals surface area contributed by atoms with Crippen molar-refractivity contribution in [1.29, 1.82) is 0 Å². The van der Waals surface area contributed by atoms with E-state index in [0.717, 1.165) is 0 Å². The van der Waals surface area contributed by atoms with Gasteiger partial charge in [-0.15, -0.1) is 0 Å². The van der Waals surface area contributed by atoms with Crippen LogP contribution >= 0.6 is 0 Å². The first-order chi connectivity index (χ1) is 14.2. The molecule has 5 nitrogen and oxygen atoms in total. The van der Waals surface area contributed by atoms with E-state index < -0.39 is 0 Å².